The number of rotatable bonds is 2. The smallest absolute Gasteiger partial charge is 0.180 e. The minimum Gasteiger partial charge on any atom is -0.384 e. The molecule has 2 aliphatic carbocycles. The first-order valence-electron chi connectivity index (χ1n) is 8.99. The Morgan fingerprint density at radius 1 is 1.24 bits per heavy atom. The molecule has 130 valence electrons. The summed E-state index contributed by atoms with van der Waals surface area (Å²) in [5, 5.41) is 19.9. The van der Waals surface area contributed by atoms with Crippen LogP contribution < -0.4 is 0 Å². The Kier molecular flexibility index (Phi) is 3.52. The first-order valence-corrected chi connectivity index (χ1v) is 8.99. The Bertz CT molecular complexity index is 812. The highest BCUT2D eigenvalue weighted by Crippen LogP contribution is 2.54. The molecular formula is C20H23N3O2. The molecular weight excluding hydrogens is 314 g/mol. The van der Waals surface area contributed by atoms with Crippen LogP contribution in [0.3, 0.4) is 0 Å². The number of hydrogen-bond acceptors (Lipinski definition) is 5. The second-order valence-corrected chi connectivity index (χ2v) is 8.19. The van der Waals surface area contributed by atoms with Crippen LogP contribution in [0.4, 0.5) is 0 Å². The molecule has 0 aromatic carbocycles. The topological polar surface area (TPSA) is 77.2 Å². The molecule has 1 N–H and O–H groups in total. The minimum absolute atomic E-state index is 0.130. The van der Waals surface area contributed by atoms with E-state index in [1.165, 1.54) is 12.8 Å². The van der Waals surface area contributed by atoms with E-state index in [2.05, 4.69) is 16.0 Å². The lowest BCUT2D eigenvalue weighted by Gasteiger charge is -2.37. The fraction of sp³-hybridized carbons (Fsp3) is 0.550. The summed E-state index contributed by atoms with van der Waals surface area (Å²) < 4.78 is 0. The number of likely N-dealkylation sites (tertiary alicyclic amines) is 1. The molecule has 1 aliphatic heterocycles. The van der Waals surface area contributed by atoms with Crippen LogP contribution in [0.25, 0.3) is 5.70 Å². The maximum absolute atomic E-state index is 12.5. The van der Waals surface area contributed by atoms with E-state index < -0.39 is 5.60 Å². The van der Waals surface area contributed by atoms with Crippen LogP contribution in [0.2, 0.25) is 0 Å². The zero-order valence-corrected chi connectivity index (χ0v) is 14.8. The van der Waals surface area contributed by atoms with E-state index in [9.17, 15) is 15.2 Å². The van der Waals surface area contributed by atoms with E-state index in [4.69, 9.17) is 0 Å². The molecule has 0 radical (unpaired) electrons. The number of nitriles is 1. The van der Waals surface area contributed by atoms with Gasteiger partial charge < -0.3 is 10.0 Å². The molecule has 1 saturated heterocycles. The average Bonchev–Trinajstić information content (AvgIpc) is 3.32. The van der Waals surface area contributed by atoms with Crippen molar-refractivity contribution in [1.29, 1.82) is 5.26 Å². The molecule has 4 rings (SSSR count). The van der Waals surface area contributed by atoms with E-state index in [-0.39, 0.29) is 17.8 Å². The number of fused-ring (bicyclic) bond motifs is 1. The van der Waals surface area contributed by atoms with Crippen molar-refractivity contribution >= 4 is 11.5 Å². The van der Waals surface area contributed by atoms with E-state index in [0.717, 1.165) is 31.5 Å². The molecule has 1 aromatic rings. The molecule has 0 bridgehead atoms. The maximum Gasteiger partial charge on any atom is 0.180 e. The van der Waals surface area contributed by atoms with Gasteiger partial charge in [-0.2, -0.15) is 5.26 Å². The van der Waals surface area contributed by atoms with Crippen molar-refractivity contribution in [3.05, 3.63) is 34.7 Å². The molecule has 25 heavy (non-hydrogen) atoms. The molecule has 1 aromatic heterocycles. The van der Waals surface area contributed by atoms with Gasteiger partial charge in [0.25, 0.3) is 0 Å². The molecule has 1 spiro atoms. The van der Waals surface area contributed by atoms with Crippen molar-refractivity contribution in [2.24, 2.45) is 5.41 Å². The van der Waals surface area contributed by atoms with Crippen molar-refractivity contribution in [2.45, 2.75) is 51.6 Å². The lowest BCUT2D eigenvalue weighted by Crippen LogP contribution is -2.36. The lowest BCUT2D eigenvalue weighted by atomic mass is 9.87. The van der Waals surface area contributed by atoms with Crippen LogP contribution in [0.5, 0.6) is 0 Å². The van der Waals surface area contributed by atoms with Gasteiger partial charge in [0, 0.05) is 19.5 Å². The molecule has 5 nitrogen and oxygen atoms in total. The van der Waals surface area contributed by atoms with E-state index in [0.29, 0.717) is 22.5 Å². The first kappa shape index (κ1) is 16.3. The van der Waals surface area contributed by atoms with Gasteiger partial charge in [0.1, 0.15) is 17.2 Å². The molecule has 0 amide bonds. The zero-order valence-electron chi connectivity index (χ0n) is 14.8. The maximum atomic E-state index is 12.5. The Labute approximate surface area is 148 Å². The number of carbonyl (C=O) groups is 1. The minimum atomic E-state index is -1.06. The van der Waals surface area contributed by atoms with Gasteiger partial charge in [0.2, 0.25) is 0 Å². The predicted molar refractivity (Wildman–Crippen MR) is 93.2 cm³/mol. The number of ketones is 1. The average molecular weight is 337 g/mol. The normalized spacial score (nSPS) is 22.0. The number of aliphatic hydroxyl groups is 1. The van der Waals surface area contributed by atoms with Gasteiger partial charge in [-0.05, 0) is 56.6 Å². The highest BCUT2D eigenvalue weighted by Gasteiger charge is 2.45. The highest BCUT2D eigenvalue weighted by molar-refractivity contribution is 6.09. The Morgan fingerprint density at radius 3 is 2.48 bits per heavy atom. The Balaban J connectivity index is 1.79. The third-order valence-electron chi connectivity index (χ3n) is 5.91. The first-order chi connectivity index (χ1) is 11.8. The molecule has 0 atom stereocenters. The number of aromatic nitrogens is 1. The summed E-state index contributed by atoms with van der Waals surface area (Å²) in [7, 11) is 0. The fourth-order valence-electron chi connectivity index (χ4n) is 3.99. The summed E-state index contributed by atoms with van der Waals surface area (Å²) in [4.78, 5) is 19.3. The second kappa shape index (κ2) is 5.40. The zero-order chi connectivity index (χ0) is 17.8. The number of hydrogen-bond donors (Lipinski definition) is 1. The van der Waals surface area contributed by atoms with Crippen molar-refractivity contribution in [3.8, 4) is 6.07 Å². The second-order valence-electron chi connectivity index (χ2n) is 8.19. The molecule has 2 fully saturated rings. The largest absolute Gasteiger partial charge is 0.384 e. The van der Waals surface area contributed by atoms with Gasteiger partial charge in [-0.3, -0.25) is 4.79 Å². The lowest BCUT2D eigenvalue weighted by molar-refractivity contribution is -0.114. The molecule has 5 heteroatoms. The molecule has 0 unspecified atom stereocenters. The Hall–Kier alpha value is -2.19. The summed E-state index contributed by atoms with van der Waals surface area (Å²) in [6.07, 6.45) is 5.05. The van der Waals surface area contributed by atoms with E-state index in [1.807, 2.05) is 6.07 Å². The summed E-state index contributed by atoms with van der Waals surface area (Å²) >= 11 is 0. The van der Waals surface area contributed by atoms with Crippen LogP contribution in [0.1, 0.15) is 56.5 Å². The quantitative estimate of drug-likeness (QED) is 0.897. The summed E-state index contributed by atoms with van der Waals surface area (Å²) in [6.45, 7) is 5.12. The monoisotopic (exact) mass is 337 g/mol. The van der Waals surface area contributed by atoms with E-state index in [1.54, 1.807) is 19.9 Å². The van der Waals surface area contributed by atoms with Gasteiger partial charge in [0.05, 0.1) is 17.1 Å². The van der Waals surface area contributed by atoms with E-state index >= 15 is 0 Å². The van der Waals surface area contributed by atoms with Crippen LogP contribution >= 0.6 is 0 Å². The number of nitrogens with zero attached hydrogens (tertiary/aromatic N) is 3. The van der Waals surface area contributed by atoms with Crippen molar-refractivity contribution < 1.29 is 9.90 Å². The van der Waals surface area contributed by atoms with Crippen LogP contribution in [-0.2, 0) is 16.8 Å². The number of carbonyl (C=O) groups excluding carboxylic acids is 1. The molecule has 3 aliphatic rings. The SMILES string of the molecule is CC(C)(O)c1ccc2c(n1)C(N1CCC3(CC1)CC3)=C(C#N)C(=O)C2. The van der Waals surface area contributed by atoms with Gasteiger partial charge in [-0.15, -0.1) is 0 Å². The summed E-state index contributed by atoms with van der Waals surface area (Å²) in [5.74, 6) is -0.130. The number of Topliss-reactive ketones (excluding diaryl/α,β-unsaturated/α-hetero) is 1. The van der Waals surface area contributed by atoms with Crippen LogP contribution in [-0.4, -0.2) is 33.9 Å². The fourth-order valence-corrected chi connectivity index (χ4v) is 3.99. The van der Waals surface area contributed by atoms with Crippen LogP contribution in [0.15, 0.2) is 17.7 Å². The van der Waals surface area contributed by atoms with Gasteiger partial charge in [0.15, 0.2) is 5.78 Å². The number of pyridine rings is 1. The molecule has 1 saturated carbocycles. The van der Waals surface area contributed by atoms with Crippen LogP contribution in [0, 0.1) is 16.7 Å². The molecule has 2 heterocycles. The summed E-state index contributed by atoms with van der Waals surface area (Å²) in [6, 6.07) is 5.77. The van der Waals surface area contributed by atoms with Gasteiger partial charge >= 0.3 is 0 Å². The highest BCUT2D eigenvalue weighted by atomic mass is 16.3. The third kappa shape index (κ3) is 2.75. The third-order valence-corrected chi connectivity index (χ3v) is 5.91. The van der Waals surface area contributed by atoms with Gasteiger partial charge in [-0.25, -0.2) is 4.98 Å². The van der Waals surface area contributed by atoms with Crippen molar-refractivity contribution in [2.75, 3.05) is 13.1 Å². The summed E-state index contributed by atoms with van der Waals surface area (Å²) in [5.41, 5.74) is 2.46. The van der Waals surface area contributed by atoms with Crippen molar-refractivity contribution in [1.82, 2.24) is 9.88 Å². The number of piperidine rings is 1. The van der Waals surface area contributed by atoms with Gasteiger partial charge in [-0.1, -0.05) is 6.07 Å². The standard InChI is InChI=1S/C20H23N3O2/c1-19(2,25)16-4-3-13-11-15(24)14(12-21)18(17(13)22-16)23-9-7-20(5-6-20)8-10-23/h3-4,25H,5-11H2,1-2H3. The number of allylic oxidation sites excluding steroid dienone is 1. The Morgan fingerprint density at radius 2 is 1.92 bits per heavy atom. The van der Waals surface area contributed by atoms with Crippen molar-refractivity contribution in [3.63, 3.8) is 0 Å². The predicted octanol–water partition coefficient (Wildman–Crippen LogP) is 2.54.